The van der Waals surface area contributed by atoms with Crippen LogP contribution in [-0.4, -0.2) is 73.8 Å². The Labute approximate surface area is 240 Å². The highest BCUT2D eigenvalue weighted by Gasteiger charge is 2.29. The number of methoxy groups -OCH3 is 1. The predicted molar refractivity (Wildman–Crippen MR) is 151 cm³/mol. The number of benzene rings is 1. The van der Waals surface area contributed by atoms with Gasteiger partial charge in [-0.2, -0.15) is 0 Å². The van der Waals surface area contributed by atoms with Crippen molar-refractivity contribution < 1.29 is 38.2 Å². The number of amides is 4. The molecule has 2 aliphatic rings. The van der Waals surface area contributed by atoms with Crippen LogP contribution in [0.5, 0.6) is 5.75 Å². The first-order valence-electron chi connectivity index (χ1n) is 13.7. The van der Waals surface area contributed by atoms with Crippen molar-refractivity contribution in [3.8, 4) is 5.75 Å². The lowest BCUT2D eigenvalue weighted by Gasteiger charge is -2.25. The standard InChI is InChI=1S/C29H42N4O8/c1-19(34)31-24-18-20-12-14-21(15-13-20)40-17-9-7-11-23(27(37)39-5)33-25(35)22(32-26(24)36)10-6-8-16-30-28(38)41-29(2,3)4/h7,9,12-15,22-24H,6,8,10-11,16-18H2,1-5H3,(H,30,38)(H,31,34)(H,32,36)(H,33,35)/t22-,23-,24-/m0/s1. The van der Waals surface area contributed by atoms with Crippen molar-refractivity contribution >= 4 is 29.8 Å². The SMILES string of the molecule is COC(=O)[C@@H]1CC=CCOc2ccc(cc2)C[C@H](NC(C)=O)C(=O)N[C@@H](CCCCNC(=O)OC(C)(C)C)C(=O)N1. The van der Waals surface area contributed by atoms with Crippen LogP contribution < -0.4 is 26.0 Å². The van der Waals surface area contributed by atoms with E-state index in [2.05, 4.69) is 21.3 Å². The maximum absolute atomic E-state index is 13.3. The number of rotatable bonds is 7. The Morgan fingerprint density at radius 3 is 2.37 bits per heavy atom. The summed E-state index contributed by atoms with van der Waals surface area (Å²) < 4.78 is 15.8. The third kappa shape index (κ3) is 12.7. The topological polar surface area (TPSA) is 161 Å². The van der Waals surface area contributed by atoms with Crippen LogP contribution in [0.15, 0.2) is 36.4 Å². The first-order chi connectivity index (χ1) is 19.4. The molecule has 2 aliphatic heterocycles. The number of esters is 1. The predicted octanol–water partition coefficient (Wildman–Crippen LogP) is 1.91. The van der Waals surface area contributed by atoms with Crippen molar-refractivity contribution in [1.29, 1.82) is 0 Å². The summed E-state index contributed by atoms with van der Waals surface area (Å²) in [6.07, 6.45) is 4.40. The summed E-state index contributed by atoms with van der Waals surface area (Å²) in [5, 5.41) is 10.7. The zero-order valence-corrected chi connectivity index (χ0v) is 24.4. The van der Waals surface area contributed by atoms with E-state index in [0.29, 0.717) is 25.1 Å². The van der Waals surface area contributed by atoms with Crippen molar-refractivity contribution in [2.45, 2.75) is 83.5 Å². The van der Waals surface area contributed by atoms with Crippen molar-refractivity contribution in [1.82, 2.24) is 21.3 Å². The van der Waals surface area contributed by atoms with E-state index in [0.717, 1.165) is 5.56 Å². The van der Waals surface area contributed by atoms with Crippen molar-refractivity contribution in [3.63, 3.8) is 0 Å². The second-order valence-electron chi connectivity index (χ2n) is 10.7. The molecule has 1 aromatic rings. The molecular weight excluding hydrogens is 532 g/mol. The number of ether oxygens (including phenoxy) is 3. The van der Waals surface area contributed by atoms with Crippen LogP contribution in [0.25, 0.3) is 0 Å². The summed E-state index contributed by atoms with van der Waals surface area (Å²) in [6, 6.07) is 4.18. The van der Waals surface area contributed by atoms with Crippen molar-refractivity contribution in [2.24, 2.45) is 0 Å². The number of carbonyl (C=O) groups excluding carboxylic acids is 5. The summed E-state index contributed by atoms with van der Waals surface area (Å²) in [5.74, 6) is -1.55. The first-order valence-corrected chi connectivity index (χ1v) is 13.7. The second kappa shape index (κ2) is 16.2. The van der Waals surface area contributed by atoms with E-state index < -0.39 is 53.5 Å². The van der Waals surface area contributed by atoms with Crippen LogP contribution in [0.2, 0.25) is 0 Å². The van der Waals surface area contributed by atoms with E-state index >= 15 is 0 Å². The Kier molecular flexibility index (Phi) is 13.1. The molecule has 0 fully saturated rings. The highest BCUT2D eigenvalue weighted by atomic mass is 16.6. The van der Waals surface area contributed by atoms with Crippen LogP contribution >= 0.6 is 0 Å². The van der Waals surface area contributed by atoms with Gasteiger partial charge in [-0.25, -0.2) is 9.59 Å². The molecule has 4 N–H and O–H groups in total. The van der Waals surface area contributed by atoms with E-state index in [-0.39, 0.29) is 25.9 Å². The molecular formula is C29H42N4O8. The fourth-order valence-corrected chi connectivity index (χ4v) is 4.00. The van der Waals surface area contributed by atoms with Gasteiger partial charge in [-0.15, -0.1) is 0 Å². The molecule has 0 radical (unpaired) electrons. The molecule has 41 heavy (non-hydrogen) atoms. The second-order valence-corrected chi connectivity index (χ2v) is 10.7. The van der Waals surface area contributed by atoms with E-state index in [1.807, 2.05) is 0 Å². The van der Waals surface area contributed by atoms with Gasteiger partial charge >= 0.3 is 12.1 Å². The summed E-state index contributed by atoms with van der Waals surface area (Å²) in [7, 11) is 1.22. The Hall–Kier alpha value is -4.09. The van der Waals surface area contributed by atoms with E-state index in [1.165, 1.54) is 14.0 Å². The largest absolute Gasteiger partial charge is 0.490 e. The van der Waals surface area contributed by atoms with Crippen LogP contribution in [0.1, 0.15) is 58.9 Å². The number of unbranched alkanes of at least 4 members (excludes halogenated alkanes) is 1. The molecule has 0 unspecified atom stereocenters. The molecule has 226 valence electrons. The zero-order valence-electron chi connectivity index (χ0n) is 24.4. The number of hydrogen-bond acceptors (Lipinski definition) is 8. The maximum atomic E-state index is 13.3. The van der Waals surface area contributed by atoms with Crippen molar-refractivity contribution in [3.05, 3.63) is 42.0 Å². The highest BCUT2D eigenvalue weighted by Crippen LogP contribution is 2.15. The van der Waals surface area contributed by atoms with E-state index in [1.54, 1.807) is 57.2 Å². The minimum atomic E-state index is -1.02. The van der Waals surface area contributed by atoms with Gasteiger partial charge in [-0.05, 0) is 64.2 Å². The molecule has 12 nitrogen and oxygen atoms in total. The lowest BCUT2D eigenvalue weighted by molar-refractivity contribution is -0.145. The van der Waals surface area contributed by atoms with Gasteiger partial charge < -0.3 is 35.5 Å². The quantitative estimate of drug-likeness (QED) is 0.218. The van der Waals surface area contributed by atoms with Gasteiger partial charge in [0, 0.05) is 19.9 Å². The average Bonchev–Trinajstić information content (AvgIpc) is 2.89. The Bertz CT molecular complexity index is 1080. The van der Waals surface area contributed by atoms with Crippen LogP contribution in [-0.2, 0) is 35.1 Å². The molecule has 0 aromatic heterocycles. The van der Waals surface area contributed by atoms with E-state index in [4.69, 9.17) is 14.2 Å². The minimum absolute atomic E-state index is 0.149. The Morgan fingerprint density at radius 1 is 1.02 bits per heavy atom. The molecule has 4 amide bonds. The summed E-state index contributed by atoms with van der Waals surface area (Å²) in [5.41, 5.74) is 0.159. The number of carbonyl (C=O) groups is 5. The zero-order chi connectivity index (χ0) is 30.4. The van der Waals surface area contributed by atoms with Crippen molar-refractivity contribution in [2.75, 3.05) is 20.3 Å². The fourth-order valence-electron chi connectivity index (χ4n) is 4.00. The molecule has 12 heteroatoms. The van der Waals surface area contributed by atoms with Gasteiger partial charge in [0.15, 0.2) is 0 Å². The van der Waals surface area contributed by atoms with Gasteiger partial charge in [0.1, 0.15) is 36.1 Å². The Morgan fingerprint density at radius 2 is 1.73 bits per heavy atom. The molecule has 0 saturated carbocycles. The summed E-state index contributed by atoms with van der Waals surface area (Å²) in [4.78, 5) is 62.9. The third-order valence-corrected chi connectivity index (χ3v) is 5.96. The molecule has 0 spiro atoms. The summed E-state index contributed by atoms with van der Waals surface area (Å²) >= 11 is 0. The van der Waals surface area contributed by atoms with Gasteiger partial charge in [0.25, 0.3) is 0 Å². The molecule has 2 heterocycles. The van der Waals surface area contributed by atoms with Gasteiger partial charge in [-0.3, -0.25) is 14.4 Å². The number of alkyl carbamates (subject to hydrolysis) is 1. The monoisotopic (exact) mass is 574 g/mol. The van der Waals surface area contributed by atoms with Crippen LogP contribution in [0.4, 0.5) is 4.79 Å². The van der Waals surface area contributed by atoms with Crippen LogP contribution in [0, 0.1) is 0 Å². The van der Waals surface area contributed by atoms with Crippen LogP contribution in [0.3, 0.4) is 0 Å². The number of nitrogens with one attached hydrogen (secondary N) is 4. The molecule has 0 saturated heterocycles. The van der Waals surface area contributed by atoms with Gasteiger partial charge in [0.2, 0.25) is 17.7 Å². The summed E-state index contributed by atoms with van der Waals surface area (Å²) in [6.45, 7) is 7.15. The Balaban J connectivity index is 2.22. The number of fused-ring (bicyclic) bond motifs is 13. The lowest BCUT2D eigenvalue weighted by Crippen LogP contribution is -2.56. The van der Waals surface area contributed by atoms with E-state index in [9.17, 15) is 24.0 Å². The number of hydrogen-bond donors (Lipinski definition) is 4. The molecule has 0 aliphatic carbocycles. The highest BCUT2D eigenvalue weighted by molar-refractivity contribution is 5.93. The fraction of sp³-hybridized carbons (Fsp3) is 0.552. The molecule has 1 aromatic carbocycles. The normalized spacial score (nSPS) is 20.1. The molecule has 3 atom stereocenters. The lowest BCUT2D eigenvalue weighted by atomic mass is 10.0. The smallest absolute Gasteiger partial charge is 0.407 e. The molecule has 2 bridgehead atoms. The maximum Gasteiger partial charge on any atom is 0.407 e. The molecule has 3 rings (SSSR count). The van der Waals surface area contributed by atoms with Gasteiger partial charge in [0.05, 0.1) is 7.11 Å². The van der Waals surface area contributed by atoms with Gasteiger partial charge in [-0.1, -0.05) is 24.3 Å². The minimum Gasteiger partial charge on any atom is -0.490 e. The first kappa shape index (κ1) is 33.1. The third-order valence-electron chi connectivity index (χ3n) is 5.96. The average molecular weight is 575 g/mol.